The predicted molar refractivity (Wildman–Crippen MR) is 81.2 cm³/mol. The first-order valence-corrected chi connectivity index (χ1v) is 8.06. The quantitative estimate of drug-likeness (QED) is 0.843. The Morgan fingerprint density at radius 2 is 2.00 bits per heavy atom. The highest BCUT2D eigenvalue weighted by Gasteiger charge is 2.45. The Bertz CT molecular complexity index is 393. The zero-order valence-electron chi connectivity index (χ0n) is 12.2. The van der Waals surface area contributed by atoms with E-state index >= 15 is 0 Å². The predicted octanol–water partition coefficient (Wildman–Crippen LogP) is 4.04. The maximum Gasteiger partial charge on any atom is -0.00119 e. The molecule has 1 heterocycles. The molecule has 0 radical (unpaired) electrons. The summed E-state index contributed by atoms with van der Waals surface area (Å²) in [6, 6.07) is 11.1. The molecule has 3 atom stereocenters. The molecule has 0 amide bonds. The fraction of sp³-hybridized carbons (Fsp3) is 0.667. The van der Waals surface area contributed by atoms with E-state index in [4.69, 9.17) is 0 Å². The van der Waals surface area contributed by atoms with E-state index in [1.807, 2.05) is 0 Å². The van der Waals surface area contributed by atoms with E-state index < -0.39 is 0 Å². The second-order valence-electron chi connectivity index (χ2n) is 6.72. The number of piperidine rings is 1. The molecule has 1 heteroatoms. The molecule has 0 bridgehead atoms. The van der Waals surface area contributed by atoms with Crippen LogP contribution in [-0.2, 0) is 6.42 Å². The summed E-state index contributed by atoms with van der Waals surface area (Å²) >= 11 is 0. The van der Waals surface area contributed by atoms with Crippen molar-refractivity contribution >= 4 is 0 Å². The summed E-state index contributed by atoms with van der Waals surface area (Å²) in [7, 11) is 0. The monoisotopic (exact) mass is 257 g/mol. The Labute approximate surface area is 117 Å². The van der Waals surface area contributed by atoms with Gasteiger partial charge in [-0.15, -0.1) is 0 Å². The molecule has 1 aliphatic carbocycles. The van der Waals surface area contributed by atoms with Crippen molar-refractivity contribution in [2.24, 2.45) is 17.3 Å². The van der Waals surface area contributed by atoms with E-state index in [0.717, 1.165) is 11.8 Å². The maximum absolute atomic E-state index is 3.65. The van der Waals surface area contributed by atoms with E-state index in [2.05, 4.69) is 42.6 Å². The third-order valence-electron chi connectivity index (χ3n) is 5.81. The van der Waals surface area contributed by atoms with Crippen LogP contribution in [0, 0.1) is 17.3 Å². The molecule has 1 nitrogen and oxygen atoms in total. The smallest absolute Gasteiger partial charge is 0.00119 e. The summed E-state index contributed by atoms with van der Waals surface area (Å²) in [4.78, 5) is 0. The van der Waals surface area contributed by atoms with E-state index in [1.54, 1.807) is 0 Å². The van der Waals surface area contributed by atoms with Gasteiger partial charge in [-0.2, -0.15) is 0 Å². The van der Waals surface area contributed by atoms with Crippen LogP contribution < -0.4 is 5.32 Å². The van der Waals surface area contributed by atoms with Gasteiger partial charge in [0.05, 0.1) is 0 Å². The average Bonchev–Trinajstić information content (AvgIpc) is 2.46. The molecule has 1 aromatic rings. The second-order valence-corrected chi connectivity index (χ2v) is 6.72. The van der Waals surface area contributed by atoms with Crippen LogP contribution >= 0.6 is 0 Å². The lowest BCUT2D eigenvalue weighted by molar-refractivity contribution is 0.00527. The minimum Gasteiger partial charge on any atom is -0.316 e. The minimum absolute atomic E-state index is 0.624. The molecule has 3 rings (SSSR count). The van der Waals surface area contributed by atoms with Gasteiger partial charge in [0.25, 0.3) is 0 Å². The van der Waals surface area contributed by atoms with Crippen LogP contribution in [0.1, 0.15) is 44.6 Å². The zero-order valence-corrected chi connectivity index (χ0v) is 12.2. The van der Waals surface area contributed by atoms with Crippen LogP contribution in [0.3, 0.4) is 0 Å². The van der Waals surface area contributed by atoms with Crippen molar-refractivity contribution in [1.29, 1.82) is 0 Å². The highest BCUT2D eigenvalue weighted by molar-refractivity contribution is 5.16. The average molecular weight is 257 g/mol. The first kappa shape index (κ1) is 13.2. The molecule has 2 aliphatic rings. The summed E-state index contributed by atoms with van der Waals surface area (Å²) in [6.45, 7) is 4.97. The summed E-state index contributed by atoms with van der Waals surface area (Å²) in [5.74, 6) is 1.75. The Kier molecular flexibility index (Phi) is 3.93. The van der Waals surface area contributed by atoms with Crippen LogP contribution in [0.4, 0.5) is 0 Å². The Hall–Kier alpha value is -0.820. The lowest BCUT2D eigenvalue weighted by Gasteiger charge is -2.51. The summed E-state index contributed by atoms with van der Waals surface area (Å²) in [5.41, 5.74) is 2.15. The second kappa shape index (κ2) is 5.66. The number of hydrogen-bond acceptors (Lipinski definition) is 1. The maximum atomic E-state index is 3.65. The largest absolute Gasteiger partial charge is 0.316 e. The third kappa shape index (κ3) is 2.58. The molecule has 19 heavy (non-hydrogen) atoms. The van der Waals surface area contributed by atoms with Gasteiger partial charge in [-0.1, -0.05) is 56.5 Å². The Morgan fingerprint density at radius 1 is 1.16 bits per heavy atom. The fourth-order valence-corrected chi connectivity index (χ4v) is 4.60. The van der Waals surface area contributed by atoms with Crippen LogP contribution in [0.25, 0.3) is 0 Å². The summed E-state index contributed by atoms with van der Waals surface area (Å²) in [5, 5.41) is 3.65. The Morgan fingerprint density at radius 3 is 2.79 bits per heavy atom. The molecule has 104 valence electrons. The van der Waals surface area contributed by atoms with Gasteiger partial charge in [0.1, 0.15) is 0 Å². The molecule has 1 spiro atoms. The molecule has 1 N–H and O–H groups in total. The summed E-state index contributed by atoms with van der Waals surface area (Å²) < 4.78 is 0. The number of benzene rings is 1. The van der Waals surface area contributed by atoms with Crippen molar-refractivity contribution in [3.05, 3.63) is 35.9 Å². The highest BCUT2D eigenvalue weighted by atomic mass is 14.9. The lowest BCUT2D eigenvalue weighted by Crippen LogP contribution is -2.50. The Balaban J connectivity index is 1.80. The lowest BCUT2D eigenvalue weighted by atomic mass is 9.56. The van der Waals surface area contributed by atoms with E-state index in [1.165, 1.54) is 57.2 Å². The van der Waals surface area contributed by atoms with Crippen LogP contribution in [0.5, 0.6) is 0 Å². The van der Waals surface area contributed by atoms with Gasteiger partial charge in [0.2, 0.25) is 0 Å². The molecule has 1 saturated carbocycles. The number of hydrogen-bond donors (Lipinski definition) is 1. The van der Waals surface area contributed by atoms with Crippen molar-refractivity contribution in [3.8, 4) is 0 Å². The topological polar surface area (TPSA) is 12.0 Å². The van der Waals surface area contributed by atoms with Gasteiger partial charge in [0.15, 0.2) is 0 Å². The molecule has 1 saturated heterocycles. The van der Waals surface area contributed by atoms with E-state index in [-0.39, 0.29) is 0 Å². The third-order valence-corrected chi connectivity index (χ3v) is 5.81. The van der Waals surface area contributed by atoms with Gasteiger partial charge < -0.3 is 5.32 Å². The van der Waals surface area contributed by atoms with Gasteiger partial charge in [0, 0.05) is 0 Å². The zero-order chi connectivity index (χ0) is 13.1. The van der Waals surface area contributed by atoms with Crippen LogP contribution in [-0.4, -0.2) is 13.1 Å². The first-order chi connectivity index (χ1) is 9.31. The van der Waals surface area contributed by atoms with Crippen molar-refractivity contribution in [3.63, 3.8) is 0 Å². The SMILES string of the molecule is CC1CCCCC12CCNCC2Cc1ccccc1. The van der Waals surface area contributed by atoms with Gasteiger partial charge in [-0.3, -0.25) is 0 Å². The van der Waals surface area contributed by atoms with Crippen molar-refractivity contribution < 1.29 is 0 Å². The van der Waals surface area contributed by atoms with Gasteiger partial charge in [-0.05, 0) is 55.2 Å². The molecule has 1 aliphatic heterocycles. The van der Waals surface area contributed by atoms with Crippen molar-refractivity contribution in [2.45, 2.75) is 45.4 Å². The number of rotatable bonds is 2. The highest BCUT2D eigenvalue weighted by Crippen LogP contribution is 2.51. The molecule has 2 fully saturated rings. The number of nitrogens with one attached hydrogen (secondary N) is 1. The standard InChI is InChI=1S/C18H27N/c1-15-7-5-6-10-18(15)11-12-19-14-17(18)13-16-8-3-2-4-9-16/h2-4,8-9,15,17,19H,5-7,10-14H2,1H3. The minimum atomic E-state index is 0.624. The van der Waals surface area contributed by atoms with E-state index in [0.29, 0.717) is 5.41 Å². The molecular formula is C18H27N. The molecule has 3 unspecified atom stereocenters. The van der Waals surface area contributed by atoms with Crippen molar-refractivity contribution in [2.75, 3.05) is 13.1 Å². The molecular weight excluding hydrogens is 230 g/mol. The normalized spacial score (nSPS) is 35.4. The fourth-order valence-electron chi connectivity index (χ4n) is 4.60. The van der Waals surface area contributed by atoms with Gasteiger partial charge in [-0.25, -0.2) is 0 Å². The molecule has 0 aromatic heterocycles. The molecule has 1 aromatic carbocycles. The van der Waals surface area contributed by atoms with Gasteiger partial charge >= 0.3 is 0 Å². The van der Waals surface area contributed by atoms with E-state index in [9.17, 15) is 0 Å². The van der Waals surface area contributed by atoms with Crippen molar-refractivity contribution in [1.82, 2.24) is 5.32 Å². The van der Waals surface area contributed by atoms with Crippen LogP contribution in [0.15, 0.2) is 30.3 Å². The van der Waals surface area contributed by atoms with Crippen LogP contribution in [0.2, 0.25) is 0 Å². The first-order valence-electron chi connectivity index (χ1n) is 8.06. The summed E-state index contributed by atoms with van der Waals surface area (Å²) in [6.07, 6.45) is 8.48.